The Kier molecular flexibility index (Phi) is 4.40. The Morgan fingerprint density at radius 1 is 0.897 bits per heavy atom. The Labute approximate surface area is 160 Å². The summed E-state index contributed by atoms with van der Waals surface area (Å²) >= 11 is 0. The Morgan fingerprint density at radius 3 is 2.14 bits per heavy atom. The molecule has 1 aliphatic heterocycles. The molecule has 2 aliphatic rings. The molecule has 4 rings (SSSR count). The van der Waals surface area contributed by atoms with Crippen LogP contribution in [0.1, 0.15) is 13.8 Å². The van der Waals surface area contributed by atoms with E-state index in [9.17, 15) is 26.7 Å². The highest BCUT2D eigenvalue weighted by molar-refractivity contribution is 5.97. The van der Waals surface area contributed by atoms with Crippen LogP contribution < -0.4 is 10.3 Å². The third kappa shape index (κ3) is 2.64. The van der Waals surface area contributed by atoms with Crippen LogP contribution in [-0.2, 0) is 0 Å². The Hall–Kier alpha value is -3.23. The first-order valence-corrected chi connectivity index (χ1v) is 8.76. The molecule has 150 valence electrons. The topological polar surface area (TPSA) is 46.3 Å². The van der Waals surface area contributed by atoms with E-state index in [0.29, 0.717) is 13.1 Å². The van der Waals surface area contributed by atoms with Gasteiger partial charge in [-0.2, -0.15) is 4.39 Å². The Balaban J connectivity index is 2.17. The predicted octanol–water partition coefficient (Wildman–Crippen LogP) is 4.99. The quantitative estimate of drug-likeness (QED) is 0.158. The molecule has 4 nitrogen and oxygen atoms in total. The molecular weight excluding hydrogens is 395 g/mol. The fraction of sp³-hybridized carbons (Fsp3) is 0.200. The zero-order chi connectivity index (χ0) is 21.0. The van der Waals surface area contributed by atoms with E-state index < -0.39 is 56.7 Å². The minimum Gasteiger partial charge on any atom is -0.449 e. The summed E-state index contributed by atoms with van der Waals surface area (Å²) < 4.78 is 76.0. The lowest BCUT2D eigenvalue weighted by Gasteiger charge is -2.21. The smallest absolute Gasteiger partial charge is 0.229 e. The number of hydrogen-bond acceptors (Lipinski definition) is 4. The summed E-state index contributed by atoms with van der Waals surface area (Å²) in [5, 5.41) is -2.23. The predicted molar refractivity (Wildman–Crippen MR) is 97.8 cm³/mol. The van der Waals surface area contributed by atoms with Crippen molar-refractivity contribution in [3.8, 4) is 11.5 Å². The van der Waals surface area contributed by atoms with Gasteiger partial charge < -0.3 is 9.32 Å². The maximum Gasteiger partial charge on any atom is 0.229 e. The first kappa shape index (κ1) is 19.1. The first-order valence-electron chi connectivity index (χ1n) is 8.76. The van der Waals surface area contributed by atoms with Crippen molar-refractivity contribution in [1.82, 2.24) is 4.98 Å². The van der Waals surface area contributed by atoms with E-state index in [1.165, 1.54) is 6.07 Å². The minimum absolute atomic E-state index is 0.0861. The number of hydrogen-bond donors (Lipinski definition) is 0. The van der Waals surface area contributed by atoms with Crippen molar-refractivity contribution in [3.05, 3.63) is 57.5 Å². The van der Waals surface area contributed by atoms with Gasteiger partial charge in [0.2, 0.25) is 11.2 Å². The molecule has 1 aliphatic carbocycles. The van der Waals surface area contributed by atoms with Crippen LogP contribution in [0, 0.1) is 29.1 Å². The fourth-order valence-corrected chi connectivity index (χ4v) is 3.39. The van der Waals surface area contributed by atoms with Gasteiger partial charge in [-0.05, 0) is 26.0 Å². The number of fused-ring (bicyclic) bond motifs is 4. The van der Waals surface area contributed by atoms with Gasteiger partial charge in [0.1, 0.15) is 11.2 Å². The van der Waals surface area contributed by atoms with E-state index in [1.807, 2.05) is 18.7 Å². The van der Waals surface area contributed by atoms with Crippen molar-refractivity contribution >= 4 is 27.6 Å². The number of anilines is 1. The van der Waals surface area contributed by atoms with Crippen molar-refractivity contribution < 1.29 is 26.4 Å². The summed E-state index contributed by atoms with van der Waals surface area (Å²) in [6, 6.07) is 4.77. The highest BCUT2D eigenvalue weighted by Gasteiger charge is 2.31. The molecule has 2 aromatic carbocycles. The Morgan fingerprint density at radius 2 is 1.52 bits per heavy atom. The SMILES string of the molecule is CCN(CC)c1ccc2nc3c4c(F)c(F)c(F)c(F)c4c(=O)c(F)c-3oc2c1. The van der Waals surface area contributed by atoms with Crippen LogP contribution in [0.5, 0.6) is 0 Å². The monoisotopic (exact) mass is 408 g/mol. The molecule has 29 heavy (non-hydrogen) atoms. The number of nitrogens with zero attached hydrogens (tertiary/aromatic N) is 2. The van der Waals surface area contributed by atoms with Crippen LogP contribution in [0.3, 0.4) is 0 Å². The number of aromatic nitrogens is 1. The van der Waals surface area contributed by atoms with Gasteiger partial charge in [0.25, 0.3) is 0 Å². The van der Waals surface area contributed by atoms with Crippen molar-refractivity contribution in [2.24, 2.45) is 0 Å². The summed E-state index contributed by atoms with van der Waals surface area (Å²) in [5.74, 6) is -10.5. The van der Waals surface area contributed by atoms with E-state index in [-0.39, 0.29) is 11.1 Å². The number of benzene rings is 3. The molecule has 0 spiro atoms. The number of halogens is 5. The third-order valence-corrected chi connectivity index (χ3v) is 4.86. The van der Waals surface area contributed by atoms with Crippen LogP contribution in [0.25, 0.3) is 33.3 Å². The van der Waals surface area contributed by atoms with Crippen molar-refractivity contribution in [2.45, 2.75) is 13.8 Å². The van der Waals surface area contributed by atoms with Crippen LogP contribution in [0.2, 0.25) is 0 Å². The second-order valence-electron chi connectivity index (χ2n) is 6.36. The normalized spacial score (nSPS) is 11.7. The lowest BCUT2D eigenvalue weighted by atomic mass is 10.0. The van der Waals surface area contributed by atoms with Gasteiger partial charge in [-0.3, -0.25) is 4.79 Å². The standard InChI is InChI=1S/C20H13F5N2O2/c1-3-27(4-2)8-5-6-9-10(7-8)29-20-17(25)19(28)12-11(18(20)26-9)13(21)15(23)16(24)14(12)22/h5-7H,3-4H2,1-2H3. The van der Waals surface area contributed by atoms with Crippen molar-refractivity contribution in [2.75, 3.05) is 18.0 Å². The molecule has 9 heteroatoms. The summed E-state index contributed by atoms with van der Waals surface area (Å²) in [6.07, 6.45) is 0. The molecule has 1 heterocycles. The van der Waals surface area contributed by atoms with Crippen LogP contribution >= 0.6 is 0 Å². The fourth-order valence-electron chi connectivity index (χ4n) is 3.39. The van der Waals surface area contributed by atoms with Gasteiger partial charge in [0.05, 0.1) is 10.8 Å². The second kappa shape index (κ2) is 6.68. The van der Waals surface area contributed by atoms with Crippen LogP contribution in [0.4, 0.5) is 27.6 Å². The highest BCUT2D eigenvalue weighted by Crippen LogP contribution is 2.37. The average Bonchev–Trinajstić information content (AvgIpc) is 2.73. The maximum absolute atomic E-state index is 14.6. The molecule has 0 amide bonds. The van der Waals surface area contributed by atoms with E-state index >= 15 is 0 Å². The van der Waals surface area contributed by atoms with Gasteiger partial charge in [0, 0.05) is 24.8 Å². The van der Waals surface area contributed by atoms with Gasteiger partial charge >= 0.3 is 0 Å². The largest absolute Gasteiger partial charge is 0.449 e. The Bertz CT molecular complexity index is 1310. The van der Waals surface area contributed by atoms with Crippen LogP contribution in [-0.4, -0.2) is 18.1 Å². The van der Waals surface area contributed by atoms with E-state index in [2.05, 4.69) is 4.98 Å². The van der Waals surface area contributed by atoms with Gasteiger partial charge in [0.15, 0.2) is 34.6 Å². The van der Waals surface area contributed by atoms with Crippen molar-refractivity contribution in [3.63, 3.8) is 0 Å². The molecule has 0 saturated heterocycles. The zero-order valence-corrected chi connectivity index (χ0v) is 15.2. The average molecular weight is 408 g/mol. The third-order valence-electron chi connectivity index (χ3n) is 4.86. The van der Waals surface area contributed by atoms with Gasteiger partial charge in [-0.25, -0.2) is 22.5 Å². The minimum atomic E-state index is -2.20. The van der Waals surface area contributed by atoms with Gasteiger partial charge in [-0.1, -0.05) is 0 Å². The summed E-state index contributed by atoms with van der Waals surface area (Å²) in [6.45, 7) is 5.23. The molecular formula is C20H13F5N2O2. The summed E-state index contributed by atoms with van der Waals surface area (Å²) in [7, 11) is 0. The molecule has 0 radical (unpaired) electrons. The van der Waals surface area contributed by atoms with Crippen LogP contribution in [0.15, 0.2) is 27.4 Å². The second-order valence-corrected chi connectivity index (χ2v) is 6.36. The molecule has 0 N–H and O–H groups in total. The van der Waals surface area contributed by atoms with E-state index in [0.717, 1.165) is 5.69 Å². The lowest BCUT2D eigenvalue weighted by molar-refractivity contribution is 0.417. The molecule has 0 atom stereocenters. The lowest BCUT2D eigenvalue weighted by Crippen LogP contribution is -2.21. The number of rotatable bonds is 3. The van der Waals surface area contributed by atoms with Crippen molar-refractivity contribution in [1.29, 1.82) is 0 Å². The molecule has 0 saturated carbocycles. The van der Waals surface area contributed by atoms with E-state index in [1.54, 1.807) is 12.1 Å². The zero-order valence-electron chi connectivity index (χ0n) is 15.2. The maximum atomic E-state index is 14.6. The first-order chi connectivity index (χ1) is 13.8. The van der Waals surface area contributed by atoms with E-state index in [4.69, 9.17) is 4.42 Å². The molecule has 0 fully saturated rings. The summed E-state index contributed by atoms with van der Waals surface area (Å²) in [4.78, 5) is 18.2. The summed E-state index contributed by atoms with van der Waals surface area (Å²) in [5.41, 5.74) is -1.30. The molecule has 2 aromatic rings. The molecule has 0 unspecified atom stereocenters. The van der Waals surface area contributed by atoms with Gasteiger partial charge in [-0.15, -0.1) is 0 Å². The highest BCUT2D eigenvalue weighted by atomic mass is 19.2. The molecule has 0 bridgehead atoms. The molecule has 0 aromatic heterocycles.